The summed E-state index contributed by atoms with van der Waals surface area (Å²) in [7, 11) is 2.19. The van der Waals surface area contributed by atoms with Crippen molar-refractivity contribution in [3.8, 4) is 0 Å². The fourth-order valence-electron chi connectivity index (χ4n) is 2.97. The van der Waals surface area contributed by atoms with Gasteiger partial charge in [0.15, 0.2) is 5.96 Å². The molecule has 0 bridgehead atoms. The van der Waals surface area contributed by atoms with E-state index in [0.29, 0.717) is 17.9 Å². The van der Waals surface area contributed by atoms with Gasteiger partial charge in [-0.15, -0.1) is 0 Å². The first-order valence-corrected chi connectivity index (χ1v) is 6.99. The van der Waals surface area contributed by atoms with E-state index in [2.05, 4.69) is 22.3 Å². The summed E-state index contributed by atoms with van der Waals surface area (Å²) in [6.45, 7) is 3.28. The molecule has 2 fully saturated rings. The predicted octanol–water partition coefficient (Wildman–Crippen LogP) is 1.18. The van der Waals surface area contributed by atoms with Gasteiger partial charge < -0.3 is 16.0 Å². The van der Waals surface area contributed by atoms with Crippen LogP contribution >= 0.6 is 0 Å². The zero-order valence-corrected chi connectivity index (χ0v) is 11.0. The maximum absolute atomic E-state index is 5.93. The van der Waals surface area contributed by atoms with Gasteiger partial charge in [0.2, 0.25) is 0 Å². The highest BCUT2D eigenvalue weighted by Gasteiger charge is 2.17. The van der Waals surface area contributed by atoms with Crippen LogP contribution in [0, 0.1) is 5.92 Å². The van der Waals surface area contributed by atoms with E-state index in [9.17, 15) is 0 Å². The lowest BCUT2D eigenvalue weighted by Gasteiger charge is -2.28. The Hall–Kier alpha value is -0.770. The van der Waals surface area contributed by atoms with Crippen LogP contribution in [0.5, 0.6) is 0 Å². The monoisotopic (exact) mass is 238 g/mol. The minimum absolute atomic E-state index is 0.577. The van der Waals surface area contributed by atoms with Crippen LogP contribution in [0.15, 0.2) is 4.99 Å². The second kappa shape index (κ2) is 6.24. The van der Waals surface area contributed by atoms with Crippen molar-refractivity contribution in [2.75, 3.05) is 26.7 Å². The standard InChI is InChI=1S/C13H26N4/c1-17-8-4-5-11(10-17)9-15-13(14)16-12-6-2-3-7-12/h11-12H,2-10H2,1H3,(H3,14,15,16). The van der Waals surface area contributed by atoms with Gasteiger partial charge in [-0.1, -0.05) is 12.8 Å². The van der Waals surface area contributed by atoms with Crippen molar-refractivity contribution in [2.24, 2.45) is 16.6 Å². The van der Waals surface area contributed by atoms with Crippen LogP contribution < -0.4 is 11.1 Å². The quantitative estimate of drug-likeness (QED) is 0.573. The lowest BCUT2D eigenvalue weighted by atomic mass is 9.99. The highest BCUT2D eigenvalue weighted by molar-refractivity contribution is 5.78. The summed E-state index contributed by atoms with van der Waals surface area (Å²) >= 11 is 0. The highest BCUT2D eigenvalue weighted by Crippen LogP contribution is 2.17. The molecule has 0 spiro atoms. The Balaban J connectivity index is 1.70. The largest absolute Gasteiger partial charge is 0.370 e. The summed E-state index contributed by atoms with van der Waals surface area (Å²) in [6, 6.07) is 0.577. The average molecular weight is 238 g/mol. The fraction of sp³-hybridized carbons (Fsp3) is 0.923. The molecule has 1 saturated heterocycles. The van der Waals surface area contributed by atoms with Crippen molar-refractivity contribution < 1.29 is 0 Å². The number of hydrogen-bond acceptors (Lipinski definition) is 2. The number of nitrogens with two attached hydrogens (primary N) is 1. The number of piperidine rings is 1. The topological polar surface area (TPSA) is 53.6 Å². The van der Waals surface area contributed by atoms with E-state index < -0.39 is 0 Å². The first-order chi connectivity index (χ1) is 8.24. The average Bonchev–Trinajstić information content (AvgIpc) is 2.79. The summed E-state index contributed by atoms with van der Waals surface area (Å²) < 4.78 is 0. The maximum atomic E-state index is 5.93. The van der Waals surface area contributed by atoms with Gasteiger partial charge in [-0.25, -0.2) is 0 Å². The van der Waals surface area contributed by atoms with E-state index in [4.69, 9.17) is 5.73 Å². The molecule has 0 radical (unpaired) electrons. The maximum Gasteiger partial charge on any atom is 0.188 e. The third-order valence-corrected chi connectivity index (χ3v) is 3.95. The van der Waals surface area contributed by atoms with Gasteiger partial charge in [0.1, 0.15) is 0 Å². The molecule has 0 aromatic carbocycles. The molecule has 2 aliphatic rings. The molecule has 2 rings (SSSR count). The van der Waals surface area contributed by atoms with E-state index in [1.54, 1.807) is 0 Å². The number of aliphatic imine (C=N–C) groups is 1. The van der Waals surface area contributed by atoms with E-state index >= 15 is 0 Å². The number of nitrogens with one attached hydrogen (secondary N) is 1. The van der Waals surface area contributed by atoms with Crippen LogP contribution in [0.4, 0.5) is 0 Å². The van der Waals surface area contributed by atoms with Crippen LogP contribution in [0.1, 0.15) is 38.5 Å². The van der Waals surface area contributed by atoms with Gasteiger partial charge in [-0.05, 0) is 45.2 Å². The Morgan fingerprint density at radius 1 is 1.29 bits per heavy atom. The molecule has 4 heteroatoms. The van der Waals surface area contributed by atoms with Gasteiger partial charge in [-0.3, -0.25) is 4.99 Å². The zero-order chi connectivity index (χ0) is 12.1. The molecule has 98 valence electrons. The summed E-state index contributed by atoms with van der Waals surface area (Å²) in [5.74, 6) is 1.35. The van der Waals surface area contributed by atoms with Gasteiger partial charge in [0.05, 0.1) is 0 Å². The Morgan fingerprint density at radius 2 is 2.06 bits per heavy atom. The number of rotatable bonds is 3. The Bertz CT molecular complexity index is 258. The lowest BCUT2D eigenvalue weighted by Crippen LogP contribution is -2.39. The predicted molar refractivity (Wildman–Crippen MR) is 72.1 cm³/mol. The molecule has 1 aliphatic heterocycles. The summed E-state index contributed by atoms with van der Waals surface area (Å²) in [6.07, 6.45) is 7.76. The van der Waals surface area contributed by atoms with Crippen molar-refractivity contribution in [1.82, 2.24) is 10.2 Å². The molecule has 0 amide bonds. The SMILES string of the molecule is CN1CCCC(CN=C(N)NC2CCCC2)C1. The van der Waals surface area contributed by atoms with E-state index in [0.717, 1.165) is 6.54 Å². The van der Waals surface area contributed by atoms with Crippen molar-refractivity contribution in [2.45, 2.75) is 44.6 Å². The van der Waals surface area contributed by atoms with E-state index in [-0.39, 0.29) is 0 Å². The molecule has 3 N–H and O–H groups in total. The summed E-state index contributed by atoms with van der Waals surface area (Å²) in [4.78, 5) is 6.90. The third-order valence-electron chi connectivity index (χ3n) is 3.95. The molecule has 1 saturated carbocycles. The number of hydrogen-bond donors (Lipinski definition) is 2. The highest BCUT2D eigenvalue weighted by atomic mass is 15.1. The molecule has 4 nitrogen and oxygen atoms in total. The molecule has 1 heterocycles. The molecular formula is C13H26N4. The van der Waals surface area contributed by atoms with Crippen LogP contribution in [0.3, 0.4) is 0 Å². The van der Waals surface area contributed by atoms with Crippen molar-refractivity contribution in [1.29, 1.82) is 0 Å². The second-order valence-electron chi connectivity index (χ2n) is 5.62. The fourth-order valence-corrected chi connectivity index (χ4v) is 2.97. The molecule has 0 aromatic rings. The van der Waals surface area contributed by atoms with Crippen molar-refractivity contribution >= 4 is 5.96 Å². The van der Waals surface area contributed by atoms with Gasteiger partial charge in [-0.2, -0.15) is 0 Å². The Labute approximate surface area is 105 Å². The van der Waals surface area contributed by atoms with Crippen molar-refractivity contribution in [3.05, 3.63) is 0 Å². The Morgan fingerprint density at radius 3 is 2.76 bits per heavy atom. The van der Waals surface area contributed by atoms with Gasteiger partial charge in [0, 0.05) is 19.1 Å². The van der Waals surface area contributed by atoms with Crippen LogP contribution in [0.25, 0.3) is 0 Å². The summed E-state index contributed by atoms with van der Waals surface area (Å²) in [5, 5.41) is 3.34. The minimum atomic E-state index is 0.577. The molecule has 17 heavy (non-hydrogen) atoms. The second-order valence-corrected chi connectivity index (χ2v) is 5.62. The van der Waals surface area contributed by atoms with Crippen LogP contribution in [0.2, 0.25) is 0 Å². The van der Waals surface area contributed by atoms with E-state index in [1.807, 2.05) is 0 Å². The Kier molecular flexibility index (Phi) is 4.66. The number of likely N-dealkylation sites (tertiary alicyclic amines) is 1. The number of guanidine groups is 1. The lowest BCUT2D eigenvalue weighted by molar-refractivity contribution is 0.214. The van der Waals surface area contributed by atoms with Gasteiger partial charge >= 0.3 is 0 Å². The first-order valence-electron chi connectivity index (χ1n) is 6.99. The smallest absolute Gasteiger partial charge is 0.188 e. The third kappa shape index (κ3) is 4.19. The zero-order valence-electron chi connectivity index (χ0n) is 11.0. The molecule has 0 aromatic heterocycles. The molecule has 1 atom stereocenters. The summed E-state index contributed by atoms with van der Waals surface area (Å²) in [5.41, 5.74) is 5.93. The number of nitrogens with zero attached hydrogens (tertiary/aromatic N) is 2. The van der Waals surface area contributed by atoms with Crippen LogP contribution in [-0.4, -0.2) is 43.6 Å². The minimum Gasteiger partial charge on any atom is -0.370 e. The van der Waals surface area contributed by atoms with Crippen LogP contribution in [-0.2, 0) is 0 Å². The molecule has 1 aliphatic carbocycles. The molecular weight excluding hydrogens is 212 g/mol. The van der Waals surface area contributed by atoms with Gasteiger partial charge in [0.25, 0.3) is 0 Å². The normalized spacial score (nSPS) is 28.5. The molecule has 1 unspecified atom stereocenters. The van der Waals surface area contributed by atoms with Crippen molar-refractivity contribution in [3.63, 3.8) is 0 Å². The first kappa shape index (κ1) is 12.7. The van der Waals surface area contributed by atoms with E-state index in [1.165, 1.54) is 51.6 Å².